The first kappa shape index (κ1) is 13.2. The zero-order valence-corrected chi connectivity index (χ0v) is 14.7. The number of aromatic nitrogens is 1. The van der Waals surface area contributed by atoms with Gasteiger partial charge in [0.2, 0.25) is 5.69 Å². The van der Waals surface area contributed by atoms with Crippen molar-refractivity contribution in [3.05, 3.63) is 70.7 Å². The van der Waals surface area contributed by atoms with Gasteiger partial charge in [0.25, 0.3) is 0 Å². The average molecular weight is 329 g/mol. The third kappa shape index (κ3) is 2.30. The van der Waals surface area contributed by atoms with Crippen molar-refractivity contribution in [3.63, 3.8) is 0 Å². The first-order valence-corrected chi connectivity index (χ1v) is 8.15. The molecule has 0 atom stereocenters. The molecule has 0 N–H and O–H groups in total. The van der Waals surface area contributed by atoms with Crippen molar-refractivity contribution in [3.8, 4) is 11.3 Å². The predicted octanol–water partition coefficient (Wildman–Crippen LogP) is 5.55. The Balaban J connectivity index is 2.18. The summed E-state index contributed by atoms with van der Waals surface area (Å²) in [7, 11) is 1.89. The van der Waals surface area contributed by atoms with Crippen LogP contribution in [0.2, 0.25) is 0 Å². The van der Waals surface area contributed by atoms with Gasteiger partial charge in [-0.15, -0.1) is 0 Å². The Labute approximate surface area is 149 Å². The normalized spacial score (nSPS) is 12.3. The highest BCUT2D eigenvalue weighted by molar-refractivity contribution is 6.10. The van der Waals surface area contributed by atoms with Gasteiger partial charge in [-0.05, 0) is 31.0 Å². The van der Waals surface area contributed by atoms with E-state index in [1.807, 2.05) is 50.6 Å². The number of pyridine rings is 1. The molecule has 0 aliphatic rings. The number of nitrogens with zero attached hydrogens (tertiary/aromatic N) is 2. The summed E-state index contributed by atoms with van der Waals surface area (Å²) in [5.74, 6) is 0. The number of aryl methyl sites for hydroxylation is 1. The molecule has 0 amide bonds. The first-order valence-electron chi connectivity index (χ1n) is 9.15. The fourth-order valence-corrected chi connectivity index (χ4v) is 3.34. The van der Waals surface area contributed by atoms with Gasteiger partial charge in [0.05, 0.1) is 14.9 Å². The molecule has 3 heteroatoms. The monoisotopic (exact) mass is 329 g/mol. The molecular weight excluding hydrogens is 308 g/mol. The highest BCUT2D eigenvalue weighted by atomic mass is 16.3. The van der Waals surface area contributed by atoms with E-state index in [1.54, 1.807) is 12.1 Å². The van der Waals surface area contributed by atoms with E-state index in [0.29, 0.717) is 34.5 Å². The first-order chi connectivity index (χ1) is 12.8. The second-order valence-corrected chi connectivity index (χ2v) is 6.40. The molecule has 4 aromatic rings. The summed E-state index contributed by atoms with van der Waals surface area (Å²) in [6.07, 6.45) is 0. The minimum absolute atomic E-state index is 0.339. The summed E-state index contributed by atoms with van der Waals surface area (Å²) in [5, 5.41) is 1.92. The van der Waals surface area contributed by atoms with Gasteiger partial charge in [0.15, 0.2) is 11.4 Å². The molecule has 2 aromatic carbocycles. The van der Waals surface area contributed by atoms with Gasteiger partial charge < -0.3 is 4.42 Å². The van der Waals surface area contributed by atoms with Crippen LogP contribution in [-0.4, -0.2) is 0 Å². The van der Waals surface area contributed by atoms with E-state index in [1.165, 1.54) is 0 Å². The van der Waals surface area contributed by atoms with E-state index in [2.05, 4.69) is 4.85 Å². The second-order valence-electron chi connectivity index (χ2n) is 6.40. The lowest BCUT2D eigenvalue weighted by Crippen LogP contribution is -2.35. The van der Waals surface area contributed by atoms with E-state index >= 15 is 0 Å². The summed E-state index contributed by atoms with van der Waals surface area (Å²) in [5.41, 5.74) is 6.01. The standard InChI is InChI=1S/C22H19N2O/c1-13-10-15(3)24(5)19(11-13)21-14(2)6-8-18-17-9-7-16(23-4)12-20(17)25-22(18)21/h6-12H,1-3,5H3/q+1/i10D,11D. The van der Waals surface area contributed by atoms with Crippen LogP contribution in [0.5, 0.6) is 0 Å². The Morgan fingerprint density at radius 2 is 1.84 bits per heavy atom. The molecule has 2 aromatic heterocycles. The molecule has 3 nitrogen and oxygen atoms in total. The van der Waals surface area contributed by atoms with Crippen molar-refractivity contribution >= 4 is 27.6 Å². The third-order valence-corrected chi connectivity index (χ3v) is 4.71. The van der Waals surface area contributed by atoms with E-state index in [4.69, 9.17) is 13.7 Å². The van der Waals surface area contributed by atoms with Crippen LogP contribution in [0, 0.1) is 27.3 Å². The van der Waals surface area contributed by atoms with E-state index in [-0.39, 0.29) is 0 Å². The number of benzene rings is 2. The maximum absolute atomic E-state index is 8.66. The number of fused-ring (bicyclic) bond motifs is 3. The fourth-order valence-electron chi connectivity index (χ4n) is 3.34. The van der Waals surface area contributed by atoms with E-state index in [9.17, 15) is 0 Å². The van der Waals surface area contributed by atoms with Crippen LogP contribution in [0.3, 0.4) is 0 Å². The number of furan rings is 1. The molecule has 4 rings (SSSR count). The summed E-state index contributed by atoms with van der Waals surface area (Å²) in [4.78, 5) is 3.49. The van der Waals surface area contributed by atoms with Gasteiger partial charge in [-0.3, -0.25) is 0 Å². The molecule has 0 unspecified atom stereocenters. The molecule has 0 saturated carbocycles. The van der Waals surface area contributed by atoms with Gasteiger partial charge in [-0.2, -0.15) is 4.57 Å². The molecule has 2 heterocycles. The van der Waals surface area contributed by atoms with Gasteiger partial charge in [-0.1, -0.05) is 24.3 Å². The lowest BCUT2D eigenvalue weighted by Gasteiger charge is -2.08. The van der Waals surface area contributed by atoms with Gasteiger partial charge in [0.1, 0.15) is 18.2 Å². The van der Waals surface area contributed by atoms with Crippen LogP contribution in [0.1, 0.15) is 19.6 Å². The van der Waals surface area contributed by atoms with Crippen molar-refractivity contribution in [1.29, 1.82) is 0 Å². The van der Waals surface area contributed by atoms with Crippen LogP contribution in [0.4, 0.5) is 5.69 Å². The molecule has 0 aliphatic heterocycles. The van der Waals surface area contributed by atoms with Crippen molar-refractivity contribution in [2.75, 3.05) is 0 Å². The summed E-state index contributed by atoms with van der Waals surface area (Å²) in [6.45, 7) is 12.9. The number of hydrogen-bond acceptors (Lipinski definition) is 1. The van der Waals surface area contributed by atoms with Crippen molar-refractivity contribution in [2.24, 2.45) is 7.05 Å². The van der Waals surface area contributed by atoms with Gasteiger partial charge in [-0.25, -0.2) is 4.85 Å². The Morgan fingerprint density at radius 1 is 1.08 bits per heavy atom. The molecule has 25 heavy (non-hydrogen) atoms. The van der Waals surface area contributed by atoms with Crippen LogP contribution < -0.4 is 4.57 Å². The molecule has 0 saturated heterocycles. The van der Waals surface area contributed by atoms with Gasteiger partial charge >= 0.3 is 0 Å². The second kappa shape index (κ2) is 5.46. The molecule has 122 valence electrons. The predicted molar refractivity (Wildman–Crippen MR) is 101 cm³/mol. The topological polar surface area (TPSA) is 21.4 Å². The molecule has 0 bridgehead atoms. The minimum atomic E-state index is 0.339. The van der Waals surface area contributed by atoms with Gasteiger partial charge in [0, 0.05) is 29.8 Å². The van der Waals surface area contributed by atoms with Crippen LogP contribution >= 0.6 is 0 Å². The average Bonchev–Trinajstić information content (AvgIpc) is 3.04. The Morgan fingerprint density at radius 3 is 2.60 bits per heavy atom. The SMILES string of the molecule is [2H]c1c(C)c([2H])c(-c2c(C)ccc3c2oc2cc([N+]#[C-])ccc23)[n+](C)c1C. The molecule has 0 radical (unpaired) electrons. The largest absolute Gasteiger partial charge is 0.456 e. The Bertz CT molecular complexity index is 1270. The lowest BCUT2D eigenvalue weighted by molar-refractivity contribution is -0.666. The third-order valence-electron chi connectivity index (χ3n) is 4.71. The maximum Gasteiger partial charge on any atom is 0.216 e. The quantitative estimate of drug-likeness (QED) is 0.331. The van der Waals surface area contributed by atoms with Crippen molar-refractivity contribution in [2.45, 2.75) is 20.8 Å². The molecule has 0 spiro atoms. The molecule has 0 fully saturated rings. The minimum Gasteiger partial charge on any atom is -0.456 e. The van der Waals surface area contributed by atoms with Crippen LogP contribution in [0.25, 0.3) is 38.0 Å². The molecular formula is C22H19N2O+. The highest BCUT2D eigenvalue weighted by Gasteiger charge is 2.22. The smallest absolute Gasteiger partial charge is 0.216 e. The fraction of sp³-hybridized carbons (Fsp3) is 0.182. The summed E-state index contributed by atoms with van der Waals surface area (Å²) >= 11 is 0. The number of hydrogen-bond donors (Lipinski definition) is 0. The Hall–Kier alpha value is -3.12. The summed E-state index contributed by atoms with van der Waals surface area (Å²) < 4.78 is 25.0. The van der Waals surface area contributed by atoms with Crippen molar-refractivity contribution < 1.29 is 11.7 Å². The van der Waals surface area contributed by atoms with Crippen LogP contribution in [-0.2, 0) is 7.05 Å². The van der Waals surface area contributed by atoms with Crippen LogP contribution in [0.15, 0.2) is 46.8 Å². The van der Waals surface area contributed by atoms with Crippen molar-refractivity contribution in [1.82, 2.24) is 0 Å². The zero-order valence-electron chi connectivity index (χ0n) is 16.7. The lowest BCUT2D eigenvalue weighted by atomic mass is 9.99. The summed E-state index contributed by atoms with van der Waals surface area (Å²) in [6, 6.07) is 10.3. The molecule has 0 aliphatic carbocycles. The number of rotatable bonds is 1. The highest BCUT2D eigenvalue weighted by Crippen LogP contribution is 2.38. The van der Waals surface area contributed by atoms with E-state index in [0.717, 1.165) is 33.3 Å². The zero-order chi connectivity index (χ0) is 19.5. The maximum atomic E-state index is 8.66. The van der Waals surface area contributed by atoms with E-state index < -0.39 is 0 Å². The Kier molecular flexibility index (Phi) is 2.88.